The second-order valence-electron chi connectivity index (χ2n) is 7.51. The zero-order valence-corrected chi connectivity index (χ0v) is 17.3. The van der Waals surface area contributed by atoms with Gasteiger partial charge in [0, 0.05) is 19.7 Å². The molecule has 0 bridgehead atoms. The molecule has 0 amide bonds. The van der Waals surface area contributed by atoms with Gasteiger partial charge in [-0.05, 0) is 44.0 Å². The van der Waals surface area contributed by atoms with Crippen LogP contribution in [0.2, 0.25) is 0 Å². The van der Waals surface area contributed by atoms with Gasteiger partial charge in [0.1, 0.15) is 0 Å². The van der Waals surface area contributed by atoms with Gasteiger partial charge in [-0.3, -0.25) is 4.90 Å². The zero-order chi connectivity index (χ0) is 18.8. The van der Waals surface area contributed by atoms with Crippen LogP contribution in [0.3, 0.4) is 0 Å². The molecule has 1 fully saturated rings. The summed E-state index contributed by atoms with van der Waals surface area (Å²) in [4.78, 5) is 2.68. The van der Waals surface area contributed by atoms with Crippen molar-refractivity contribution in [2.24, 2.45) is 0 Å². The molecular formula is C21H35NO3S. The van der Waals surface area contributed by atoms with E-state index in [9.17, 15) is 8.42 Å². The minimum atomic E-state index is -3.17. The number of nitrogens with zero attached hydrogens (tertiary/aromatic N) is 1. The Balaban J connectivity index is 1.78. The zero-order valence-electron chi connectivity index (χ0n) is 16.5. The summed E-state index contributed by atoms with van der Waals surface area (Å²) in [6.45, 7) is 5.37. The fraction of sp³-hybridized carbons (Fsp3) is 0.714. The number of unbranched alkanes of at least 4 members (excludes halogenated alkanes) is 3. The Kier molecular flexibility index (Phi) is 9.09. The quantitative estimate of drug-likeness (QED) is 0.503. The van der Waals surface area contributed by atoms with Crippen molar-refractivity contribution in [1.29, 1.82) is 0 Å². The number of likely N-dealkylation sites (N-methyl/N-ethyl adjacent to an activating group) is 1. The average Bonchev–Trinajstić information content (AvgIpc) is 3.17. The number of rotatable bonds is 12. The topological polar surface area (TPSA) is 46.6 Å². The van der Waals surface area contributed by atoms with Gasteiger partial charge in [-0.25, -0.2) is 8.42 Å². The van der Waals surface area contributed by atoms with E-state index >= 15 is 0 Å². The number of hydrogen-bond acceptors (Lipinski definition) is 4. The van der Waals surface area contributed by atoms with Crippen LogP contribution in [-0.4, -0.2) is 45.4 Å². The van der Waals surface area contributed by atoms with E-state index in [4.69, 9.17) is 4.74 Å². The molecule has 1 aromatic carbocycles. The number of hydrogen-bond donors (Lipinski definition) is 0. The molecule has 4 nitrogen and oxygen atoms in total. The molecule has 1 aromatic rings. The van der Waals surface area contributed by atoms with Crippen molar-refractivity contribution in [2.45, 2.75) is 75.0 Å². The molecule has 1 aliphatic carbocycles. The van der Waals surface area contributed by atoms with Crippen LogP contribution in [0.25, 0.3) is 0 Å². The molecule has 0 unspecified atom stereocenters. The molecule has 0 spiro atoms. The summed E-state index contributed by atoms with van der Waals surface area (Å²) in [7, 11) is -1.12. The largest absolute Gasteiger partial charge is 0.380 e. The standard InChI is InChI=1S/C21H35NO3S/c1-3-4-5-8-15-25-16-14-22(2)18-19-10-9-13-21(17-19)26(23,24)20-11-6-7-12-20/h9-10,13,17,20H,3-8,11-12,14-16,18H2,1-2H3. The molecule has 26 heavy (non-hydrogen) atoms. The van der Waals surface area contributed by atoms with E-state index in [2.05, 4.69) is 18.9 Å². The molecule has 148 valence electrons. The van der Waals surface area contributed by atoms with Gasteiger partial charge in [-0.1, -0.05) is 51.2 Å². The van der Waals surface area contributed by atoms with Crippen molar-refractivity contribution in [2.75, 3.05) is 26.8 Å². The van der Waals surface area contributed by atoms with Gasteiger partial charge in [0.15, 0.2) is 9.84 Å². The maximum atomic E-state index is 12.8. The summed E-state index contributed by atoms with van der Waals surface area (Å²) < 4.78 is 31.2. The van der Waals surface area contributed by atoms with Gasteiger partial charge in [0.25, 0.3) is 0 Å². The third-order valence-corrected chi connectivity index (χ3v) is 7.44. The third kappa shape index (κ3) is 6.67. The minimum absolute atomic E-state index is 0.184. The molecule has 5 heteroatoms. The smallest absolute Gasteiger partial charge is 0.181 e. The summed E-state index contributed by atoms with van der Waals surface area (Å²) in [5.74, 6) is 0. The Hall–Kier alpha value is -0.910. The first kappa shape index (κ1) is 21.4. The lowest BCUT2D eigenvalue weighted by Gasteiger charge is -2.18. The molecule has 0 heterocycles. The van der Waals surface area contributed by atoms with Crippen molar-refractivity contribution < 1.29 is 13.2 Å². The maximum Gasteiger partial charge on any atom is 0.181 e. The Labute approximate surface area is 159 Å². The van der Waals surface area contributed by atoms with Crippen LogP contribution in [0, 0.1) is 0 Å². The first-order valence-corrected chi connectivity index (χ1v) is 11.7. The van der Waals surface area contributed by atoms with Crippen molar-refractivity contribution in [3.8, 4) is 0 Å². The predicted octanol–water partition coefficient (Wildman–Crippen LogP) is 4.43. The monoisotopic (exact) mass is 381 g/mol. The molecule has 1 aliphatic rings. The lowest BCUT2D eigenvalue weighted by Crippen LogP contribution is -2.23. The van der Waals surface area contributed by atoms with Crippen LogP contribution in [0.15, 0.2) is 29.2 Å². The number of sulfone groups is 1. The average molecular weight is 382 g/mol. The van der Waals surface area contributed by atoms with E-state index in [1.54, 1.807) is 6.07 Å². The first-order valence-electron chi connectivity index (χ1n) is 10.1. The fourth-order valence-corrected chi connectivity index (χ4v) is 5.48. The fourth-order valence-electron chi connectivity index (χ4n) is 3.56. The maximum absolute atomic E-state index is 12.8. The normalized spacial score (nSPS) is 15.8. The summed E-state index contributed by atoms with van der Waals surface area (Å²) >= 11 is 0. The van der Waals surface area contributed by atoms with E-state index in [-0.39, 0.29) is 5.25 Å². The molecule has 1 saturated carbocycles. The highest BCUT2D eigenvalue weighted by Crippen LogP contribution is 2.29. The summed E-state index contributed by atoms with van der Waals surface area (Å²) in [5.41, 5.74) is 1.05. The highest BCUT2D eigenvalue weighted by molar-refractivity contribution is 7.92. The van der Waals surface area contributed by atoms with Crippen LogP contribution in [0.1, 0.15) is 63.9 Å². The minimum Gasteiger partial charge on any atom is -0.380 e. The third-order valence-electron chi connectivity index (χ3n) is 5.18. The molecule has 0 atom stereocenters. The molecule has 0 aromatic heterocycles. The van der Waals surface area contributed by atoms with E-state index in [1.165, 1.54) is 19.3 Å². The Morgan fingerprint density at radius 2 is 1.88 bits per heavy atom. The van der Waals surface area contributed by atoms with Crippen molar-refractivity contribution >= 4 is 9.84 Å². The van der Waals surface area contributed by atoms with Crippen molar-refractivity contribution in [3.63, 3.8) is 0 Å². The van der Waals surface area contributed by atoms with Crippen LogP contribution < -0.4 is 0 Å². The van der Waals surface area contributed by atoms with Crippen molar-refractivity contribution in [3.05, 3.63) is 29.8 Å². The molecule has 0 N–H and O–H groups in total. The second-order valence-corrected chi connectivity index (χ2v) is 9.74. The van der Waals surface area contributed by atoms with Gasteiger partial charge < -0.3 is 4.74 Å². The molecule has 2 rings (SSSR count). The Morgan fingerprint density at radius 3 is 2.62 bits per heavy atom. The van der Waals surface area contributed by atoms with Crippen LogP contribution in [0.4, 0.5) is 0 Å². The van der Waals surface area contributed by atoms with Gasteiger partial charge >= 0.3 is 0 Å². The molecular weight excluding hydrogens is 346 g/mol. The number of benzene rings is 1. The van der Waals surface area contributed by atoms with E-state index in [0.29, 0.717) is 4.90 Å². The molecule has 0 aliphatic heterocycles. The Bertz CT molecular complexity index is 624. The predicted molar refractivity (Wildman–Crippen MR) is 107 cm³/mol. The van der Waals surface area contributed by atoms with Gasteiger partial charge in [0.05, 0.1) is 16.8 Å². The van der Waals surface area contributed by atoms with E-state index in [1.807, 2.05) is 18.2 Å². The van der Waals surface area contributed by atoms with E-state index in [0.717, 1.165) is 64.0 Å². The summed E-state index contributed by atoms with van der Waals surface area (Å²) in [6, 6.07) is 7.48. The molecule has 0 saturated heterocycles. The van der Waals surface area contributed by atoms with Crippen molar-refractivity contribution in [1.82, 2.24) is 4.90 Å². The summed E-state index contributed by atoms with van der Waals surface area (Å²) in [5, 5.41) is -0.184. The first-order chi connectivity index (χ1) is 12.5. The van der Waals surface area contributed by atoms with Crippen LogP contribution in [-0.2, 0) is 21.1 Å². The van der Waals surface area contributed by atoms with Crippen LogP contribution >= 0.6 is 0 Å². The summed E-state index contributed by atoms with van der Waals surface area (Å²) in [6.07, 6.45) is 8.59. The van der Waals surface area contributed by atoms with Crippen LogP contribution in [0.5, 0.6) is 0 Å². The Morgan fingerprint density at radius 1 is 1.12 bits per heavy atom. The van der Waals surface area contributed by atoms with Gasteiger partial charge in [-0.2, -0.15) is 0 Å². The molecule has 0 radical (unpaired) electrons. The highest BCUT2D eigenvalue weighted by atomic mass is 32.2. The van der Waals surface area contributed by atoms with E-state index < -0.39 is 9.84 Å². The second kappa shape index (κ2) is 11.1. The van der Waals surface area contributed by atoms with Gasteiger partial charge in [-0.15, -0.1) is 0 Å². The lowest BCUT2D eigenvalue weighted by atomic mass is 10.2. The highest BCUT2D eigenvalue weighted by Gasteiger charge is 2.30. The number of ether oxygens (including phenoxy) is 1. The van der Waals surface area contributed by atoms with Gasteiger partial charge in [0.2, 0.25) is 0 Å². The lowest BCUT2D eigenvalue weighted by molar-refractivity contribution is 0.106. The SMILES string of the molecule is CCCCCCOCCN(C)Cc1cccc(S(=O)(=O)C2CCCC2)c1.